The summed E-state index contributed by atoms with van der Waals surface area (Å²) in [6.07, 6.45) is -1.03. The first kappa shape index (κ1) is 21.1. The van der Waals surface area contributed by atoms with Crippen LogP contribution in [0.2, 0.25) is 0 Å². The van der Waals surface area contributed by atoms with Crippen molar-refractivity contribution in [2.24, 2.45) is 0 Å². The molecule has 2 atom stereocenters. The molecule has 2 aromatic rings. The molecule has 1 heterocycles. The van der Waals surface area contributed by atoms with Gasteiger partial charge in [-0.1, -0.05) is 0 Å². The first-order chi connectivity index (χ1) is 13.6. The number of cyclic esters (lactones) is 1. The number of anilines is 2. The molecule has 1 amide bonds. The van der Waals surface area contributed by atoms with Crippen LogP contribution in [-0.4, -0.2) is 16.8 Å². The number of ether oxygens (including phenoxy) is 1. The van der Waals surface area contributed by atoms with Crippen LogP contribution >= 0.6 is 0 Å². The van der Waals surface area contributed by atoms with Crippen LogP contribution < -0.4 is 9.62 Å². The Hall–Kier alpha value is -2.62. The molecule has 156 valence electrons. The summed E-state index contributed by atoms with van der Waals surface area (Å²) in [5, 5.41) is 0. The molecule has 29 heavy (non-hydrogen) atoms. The van der Waals surface area contributed by atoms with Crippen molar-refractivity contribution < 1.29 is 31.3 Å². The minimum absolute atomic E-state index is 0.330. The summed E-state index contributed by atoms with van der Waals surface area (Å²) >= 11 is 0. The zero-order chi connectivity index (χ0) is 21.5. The number of carbonyl (C=O) groups excluding carboxylic acids is 1. The highest BCUT2D eigenvalue weighted by Crippen LogP contribution is 2.36. The third-order valence-electron chi connectivity index (χ3n) is 4.65. The quantitative estimate of drug-likeness (QED) is 0.544. The summed E-state index contributed by atoms with van der Waals surface area (Å²) in [4.78, 5) is 13.3. The van der Waals surface area contributed by atoms with Gasteiger partial charge in [0.05, 0.1) is 11.4 Å². The van der Waals surface area contributed by atoms with Crippen molar-refractivity contribution in [2.45, 2.75) is 32.6 Å². The molecule has 5 nitrogen and oxygen atoms in total. The van der Waals surface area contributed by atoms with Gasteiger partial charge < -0.3 is 9.46 Å². The summed E-state index contributed by atoms with van der Waals surface area (Å²) in [5.41, 5.74) is -0.0996. The SMILES string of the molecule is CCN1C(=O)OC(C)c2cc(NS(=O)Cc3c(F)c(F)c(C)c(F)c3F)ccc21. The Morgan fingerprint density at radius 1 is 1.14 bits per heavy atom. The number of nitrogens with zero attached hydrogens (tertiary/aromatic N) is 1. The number of hydrogen-bond acceptors (Lipinski definition) is 3. The lowest BCUT2D eigenvalue weighted by Gasteiger charge is -2.32. The monoisotopic (exact) mass is 430 g/mol. The molecule has 1 aliphatic rings. The summed E-state index contributed by atoms with van der Waals surface area (Å²) < 4.78 is 75.5. The molecule has 1 aliphatic heterocycles. The number of amides is 1. The number of halogens is 4. The molecule has 3 rings (SSSR count). The van der Waals surface area contributed by atoms with Crippen LogP contribution in [0.5, 0.6) is 0 Å². The predicted molar refractivity (Wildman–Crippen MR) is 101 cm³/mol. The Labute approximate surface area is 167 Å². The van der Waals surface area contributed by atoms with E-state index >= 15 is 0 Å². The topological polar surface area (TPSA) is 58.6 Å². The van der Waals surface area contributed by atoms with Crippen LogP contribution in [0.3, 0.4) is 0 Å². The summed E-state index contributed by atoms with van der Waals surface area (Å²) in [7, 11) is -2.08. The van der Waals surface area contributed by atoms with Crippen LogP contribution in [0.25, 0.3) is 0 Å². The van der Waals surface area contributed by atoms with E-state index in [2.05, 4.69) is 4.72 Å². The van der Waals surface area contributed by atoms with Crippen molar-refractivity contribution in [3.05, 3.63) is 58.2 Å². The second-order valence-corrected chi connectivity index (χ2v) is 7.68. The second kappa shape index (κ2) is 8.02. The lowest BCUT2D eigenvalue weighted by molar-refractivity contribution is 0.108. The maximum absolute atomic E-state index is 14.0. The first-order valence-corrected chi connectivity index (χ1v) is 10.1. The summed E-state index contributed by atoms with van der Waals surface area (Å²) in [6, 6.07) is 4.76. The van der Waals surface area contributed by atoms with Crippen LogP contribution in [-0.2, 0) is 21.5 Å². The molecular formula is C19H18F4N2O3S. The molecule has 1 N–H and O–H groups in total. The second-order valence-electron chi connectivity index (χ2n) is 6.50. The number of hydrogen-bond donors (Lipinski definition) is 1. The number of rotatable bonds is 5. The standard InChI is InChI=1S/C19H18F4N2O3S/c1-4-25-14-6-5-11(7-12(14)10(3)28-19(25)26)24-29(27)8-13-17(22)15(20)9(2)16(21)18(13)23/h5-7,10,24H,4,8H2,1-3H3. The fourth-order valence-electron chi connectivity index (χ4n) is 3.08. The zero-order valence-electron chi connectivity index (χ0n) is 15.8. The Morgan fingerprint density at radius 3 is 2.34 bits per heavy atom. The normalized spacial score (nSPS) is 17.0. The fourth-order valence-corrected chi connectivity index (χ4v) is 4.06. The van der Waals surface area contributed by atoms with Gasteiger partial charge in [-0.15, -0.1) is 0 Å². The molecule has 0 spiro atoms. The van der Waals surface area contributed by atoms with Crippen molar-refractivity contribution in [3.63, 3.8) is 0 Å². The average Bonchev–Trinajstić information content (AvgIpc) is 2.69. The highest BCUT2D eigenvalue weighted by atomic mass is 32.2. The third-order valence-corrected chi connectivity index (χ3v) is 5.67. The van der Waals surface area contributed by atoms with Crippen LogP contribution in [0, 0.1) is 30.2 Å². The van der Waals surface area contributed by atoms with Crippen LogP contribution in [0.4, 0.5) is 33.7 Å². The van der Waals surface area contributed by atoms with E-state index < -0.39 is 63.3 Å². The van der Waals surface area contributed by atoms with Gasteiger partial charge in [0.2, 0.25) is 0 Å². The predicted octanol–water partition coefficient (Wildman–Crippen LogP) is 4.86. The Kier molecular flexibility index (Phi) is 5.83. The number of carbonyl (C=O) groups is 1. The summed E-state index contributed by atoms with van der Waals surface area (Å²) in [5.74, 6) is -6.95. The Bertz CT molecular complexity index is 986. The van der Waals surface area contributed by atoms with E-state index in [-0.39, 0.29) is 0 Å². The maximum atomic E-state index is 14.0. The third kappa shape index (κ3) is 3.81. The Morgan fingerprint density at radius 2 is 1.76 bits per heavy atom. The van der Waals surface area contributed by atoms with E-state index in [0.717, 1.165) is 6.92 Å². The average molecular weight is 430 g/mol. The maximum Gasteiger partial charge on any atom is 0.414 e. The minimum Gasteiger partial charge on any atom is -0.441 e. The molecule has 0 bridgehead atoms. The van der Waals surface area contributed by atoms with Crippen molar-refractivity contribution in [2.75, 3.05) is 16.2 Å². The highest BCUT2D eigenvalue weighted by Gasteiger charge is 2.30. The van der Waals surface area contributed by atoms with Crippen LogP contribution in [0.15, 0.2) is 18.2 Å². The molecule has 2 aromatic carbocycles. The van der Waals surface area contributed by atoms with Crippen molar-refractivity contribution in [3.8, 4) is 0 Å². The smallest absolute Gasteiger partial charge is 0.414 e. The lowest BCUT2D eigenvalue weighted by atomic mass is 10.0. The molecule has 2 unspecified atom stereocenters. The summed E-state index contributed by atoms with van der Waals surface area (Å²) in [6.45, 7) is 4.76. The first-order valence-electron chi connectivity index (χ1n) is 8.74. The van der Waals surface area contributed by atoms with Gasteiger partial charge in [0.25, 0.3) is 0 Å². The molecule has 0 aliphatic carbocycles. The molecule has 0 radical (unpaired) electrons. The van der Waals surface area contributed by atoms with Gasteiger partial charge in [0.15, 0.2) is 23.3 Å². The van der Waals surface area contributed by atoms with E-state index in [4.69, 9.17) is 4.74 Å². The number of nitrogens with one attached hydrogen (secondary N) is 1. The fraction of sp³-hybridized carbons (Fsp3) is 0.316. The highest BCUT2D eigenvalue weighted by molar-refractivity contribution is 7.85. The van der Waals surface area contributed by atoms with Crippen molar-refractivity contribution in [1.82, 2.24) is 0 Å². The minimum atomic E-state index is -2.08. The van der Waals surface area contributed by atoms with E-state index in [0.29, 0.717) is 23.5 Å². The van der Waals surface area contributed by atoms with Gasteiger partial charge in [-0.3, -0.25) is 4.90 Å². The number of fused-ring (bicyclic) bond motifs is 1. The van der Waals surface area contributed by atoms with E-state index in [1.165, 1.54) is 11.0 Å². The Balaban J connectivity index is 1.85. The van der Waals surface area contributed by atoms with Gasteiger partial charge in [0.1, 0.15) is 17.1 Å². The molecule has 0 aromatic heterocycles. The zero-order valence-corrected chi connectivity index (χ0v) is 16.6. The molecule has 0 saturated carbocycles. The van der Waals surface area contributed by atoms with Gasteiger partial charge >= 0.3 is 6.09 Å². The van der Waals surface area contributed by atoms with Crippen molar-refractivity contribution >= 4 is 28.5 Å². The lowest BCUT2D eigenvalue weighted by Crippen LogP contribution is -2.36. The molecular weight excluding hydrogens is 412 g/mol. The van der Waals surface area contributed by atoms with E-state index in [9.17, 15) is 26.6 Å². The van der Waals surface area contributed by atoms with Gasteiger partial charge in [-0.25, -0.2) is 26.6 Å². The van der Waals surface area contributed by atoms with Gasteiger partial charge in [-0.2, -0.15) is 0 Å². The molecule has 10 heteroatoms. The van der Waals surface area contributed by atoms with Gasteiger partial charge in [-0.05, 0) is 39.0 Å². The van der Waals surface area contributed by atoms with Crippen molar-refractivity contribution in [1.29, 1.82) is 0 Å². The van der Waals surface area contributed by atoms with E-state index in [1.807, 2.05) is 0 Å². The largest absolute Gasteiger partial charge is 0.441 e. The van der Waals surface area contributed by atoms with Gasteiger partial charge in [0, 0.05) is 28.9 Å². The molecule has 0 fully saturated rings. The number of benzene rings is 2. The van der Waals surface area contributed by atoms with Crippen LogP contribution in [0.1, 0.15) is 36.6 Å². The molecule has 0 saturated heterocycles. The van der Waals surface area contributed by atoms with E-state index in [1.54, 1.807) is 26.0 Å².